The Hall–Kier alpha value is -1.94. The summed E-state index contributed by atoms with van der Waals surface area (Å²) < 4.78 is 0. The van der Waals surface area contributed by atoms with E-state index in [4.69, 9.17) is 5.73 Å². The van der Waals surface area contributed by atoms with Crippen molar-refractivity contribution in [3.63, 3.8) is 0 Å². The first-order chi connectivity index (χ1) is 9.74. The Morgan fingerprint density at radius 2 is 1.85 bits per heavy atom. The number of nitrogens with two attached hydrogens (primary N) is 1. The summed E-state index contributed by atoms with van der Waals surface area (Å²) in [6.45, 7) is 0. The van der Waals surface area contributed by atoms with Gasteiger partial charge in [0.05, 0.1) is 5.25 Å². The average molecular weight is 284 g/mol. The molecule has 1 amide bonds. The molecule has 1 aliphatic rings. The molecule has 1 atom stereocenters. The van der Waals surface area contributed by atoms with E-state index in [1.54, 1.807) is 11.8 Å². The fraction of sp³-hybridized carbons (Fsp3) is 0.188. The van der Waals surface area contributed by atoms with E-state index in [1.165, 1.54) is 5.56 Å². The molecule has 1 unspecified atom stereocenters. The second-order valence-electron chi connectivity index (χ2n) is 4.83. The highest BCUT2D eigenvalue weighted by Crippen LogP contribution is 2.34. The lowest BCUT2D eigenvalue weighted by atomic mass is 10.1. The van der Waals surface area contributed by atoms with E-state index in [0.29, 0.717) is 0 Å². The minimum absolute atomic E-state index is 0.0585. The predicted octanol–water partition coefficient (Wildman–Crippen LogP) is 3.31. The van der Waals surface area contributed by atoms with Crippen LogP contribution in [0.15, 0.2) is 53.4 Å². The van der Waals surface area contributed by atoms with Crippen molar-refractivity contribution in [3.05, 3.63) is 54.1 Å². The summed E-state index contributed by atoms with van der Waals surface area (Å²) >= 11 is 1.55. The lowest BCUT2D eigenvalue weighted by molar-refractivity contribution is -0.115. The Bertz CT molecular complexity index is 642. The molecule has 1 heterocycles. The molecule has 0 aromatic heterocycles. The fourth-order valence-corrected chi connectivity index (χ4v) is 3.41. The SMILES string of the molecule is Nc1ccccc1SC1CCc2ccccc2NC1=O. The van der Waals surface area contributed by atoms with E-state index < -0.39 is 0 Å². The molecule has 0 radical (unpaired) electrons. The van der Waals surface area contributed by atoms with Gasteiger partial charge < -0.3 is 11.1 Å². The zero-order chi connectivity index (χ0) is 13.9. The van der Waals surface area contributed by atoms with E-state index in [2.05, 4.69) is 11.4 Å². The third-order valence-electron chi connectivity index (χ3n) is 3.43. The lowest BCUT2D eigenvalue weighted by Gasteiger charge is -2.14. The number of para-hydroxylation sites is 2. The third kappa shape index (κ3) is 2.65. The van der Waals surface area contributed by atoms with E-state index >= 15 is 0 Å². The summed E-state index contributed by atoms with van der Waals surface area (Å²) in [5, 5.41) is 2.91. The number of rotatable bonds is 2. The van der Waals surface area contributed by atoms with Crippen LogP contribution in [0.3, 0.4) is 0 Å². The summed E-state index contributed by atoms with van der Waals surface area (Å²) in [5.74, 6) is 0.0585. The molecule has 102 valence electrons. The zero-order valence-electron chi connectivity index (χ0n) is 11.0. The molecule has 0 aliphatic carbocycles. The number of nitrogens with one attached hydrogen (secondary N) is 1. The summed E-state index contributed by atoms with van der Waals surface area (Å²) in [7, 11) is 0. The van der Waals surface area contributed by atoms with Crippen LogP contribution in [0.5, 0.6) is 0 Å². The normalized spacial score (nSPS) is 18.0. The minimum atomic E-state index is -0.105. The molecule has 3 nitrogen and oxygen atoms in total. The van der Waals surface area contributed by atoms with Gasteiger partial charge in [0.25, 0.3) is 0 Å². The fourth-order valence-electron chi connectivity index (χ4n) is 2.34. The van der Waals surface area contributed by atoms with Gasteiger partial charge in [-0.3, -0.25) is 4.79 Å². The van der Waals surface area contributed by atoms with Crippen LogP contribution in [-0.2, 0) is 11.2 Å². The second-order valence-corrected chi connectivity index (χ2v) is 6.07. The third-order valence-corrected chi connectivity index (χ3v) is 4.79. The Balaban J connectivity index is 1.80. The van der Waals surface area contributed by atoms with Crippen LogP contribution in [0, 0.1) is 0 Å². The summed E-state index contributed by atoms with van der Waals surface area (Å²) in [6.07, 6.45) is 1.72. The van der Waals surface area contributed by atoms with Crippen LogP contribution in [0.1, 0.15) is 12.0 Å². The molecule has 2 aromatic rings. The first kappa shape index (κ1) is 13.1. The van der Waals surface area contributed by atoms with Gasteiger partial charge in [0.1, 0.15) is 0 Å². The molecule has 0 bridgehead atoms. The molecular formula is C16H16N2OS. The number of nitrogen functional groups attached to an aromatic ring is 1. The quantitative estimate of drug-likeness (QED) is 0.832. The van der Waals surface area contributed by atoms with Crippen LogP contribution in [-0.4, -0.2) is 11.2 Å². The first-order valence-electron chi connectivity index (χ1n) is 6.64. The molecule has 3 N–H and O–H groups in total. The van der Waals surface area contributed by atoms with Crippen LogP contribution in [0.2, 0.25) is 0 Å². The van der Waals surface area contributed by atoms with Crippen LogP contribution in [0.25, 0.3) is 0 Å². The molecule has 4 heteroatoms. The number of carbonyl (C=O) groups is 1. The number of carbonyl (C=O) groups excluding carboxylic acids is 1. The van der Waals surface area contributed by atoms with Crippen molar-refractivity contribution in [3.8, 4) is 0 Å². The van der Waals surface area contributed by atoms with Crippen LogP contribution < -0.4 is 11.1 Å². The largest absolute Gasteiger partial charge is 0.398 e. The Morgan fingerprint density at radius 1 is 1.10 bits per heavy atom. The molecule has 0 fully saturated rings. The van der Waals surface area contributed by atoms with Crippen molar-refractivity contribution in [2.75, 3.05) is 11.1 Å². The van der Waals surface area contributed by atoms with Crippen molar-refractivity contribution in [2.24, 2.45) is 0 Å². The van der Waals surface area contributed by atoms with Gasteiger partial charge in [-0.2, -0.15) is 0 Å². The van der Waals surface area contributed by atoms with Crippen LogP contribution in [0.4, 0.5) is 11.4 Å². The maximum absolute atomic E-state index is 12.3. The number of hydrogen-bond acceptors (Lipinski definition) is 3. The Labute approximate surface area is 122 Å². The number of hydrogen-bond donors (Lipinski definition) is 2. The lowest BCUT2D eigenvalue weighted by Crippen LogP contribution is -2.23. The molecule has 0 saturated carbocycles. The maximum Gasteiger partial charge on any atom is 0.237 e. The van der Waals surface area contributed by atoms with Gasteiger partial charge in [-0.1, -0.05) is 30.3 Å². The van der Waals surface area contributed by atoms with Gasteiger partial charge >= 0.3 is 0 Å². The molecule has 3 rings (SSSR count). The number of aryl methyl sites for hydroxylation is 1. The van der Waals surface area contributed by atoms with Crippen molar-refractivity contribution in [1.82, 2.24) is 0 Å². The first-order valence-corrected chi connectivity index (χ1v) is 7.52. The smallest absolute Gasteiger partial charge is 0.237 e. The van der Waals surface area contributed by atoms with Gasteiger partial charge in [0.15, 0.2) is 0 Å². The highest BCUT2D eigenvalue weighted by atomic mass is 32.2. The summed E-state index contributed by atoms with van der Waals surface area (Å²) in [4.78, 5) is 13.3. The Morgan fingerprint density at radius 3 is 2.70 bits per heavy atom. The number of amides is 1. The van der Waals surface area contributed by atoms with E-state index in [-0.39, 0.29) is 11.2 Å². The highest BCUT2D eigenvalue weighted by molar-refractivity contribution is 8.00. The van der Waals surface area contributed by atoms with Crippen LogP contribution >= 0.6 is 11.8 Å². The van der Waals surface area contributed by atoms with Gasteiger partial charge in [-0.15, -0.1) is 11.8 Å². The molecule has 1 aliphatic heterocycles. The molecule has 2 aromatic carbocycles. The van der Waals surface area contributed by atoms with Gasteiger partial charge in [-0.05, 0) is 36.6 Å². The zero-order valence-corrected chi connectivity index (χ0v) is 11.8. The van der Waals surface area contributed by atoms with Crippen molar-refractivity contribution in [2.45, 2.75) is 23.0 Å². The van der Waals surface area contributed by atoms with E-state index in [9.17, 15) is 4.79 Å². The van der Waals surface area contributed by atoms with Crippen molar-refractivity contribution in [1.29, 1.82) is 0 Å². The van der Waals surface area contributed by atoms with Crippen molar-refractivity contribution >= 4 is 29.0 Å². The number of fused-ring (bicyclic) bond motifs is 1. The number of thioether (sulfide) groups is 1. The number of benzene rings is 2. The van der Waals surface area contributed by atoms with E-state index in [0.717, 1.165) is 29.1 Å². The molecule has 20 heavy (non-hydrogen) atoms. The topological polar surface area (TPSA) is 55.1 Å². The molecule has 0 saturated heterocycles. The second kappa shape index (κ2) is 5.59. The van der Waals surface area contributed by atoms with Gasteiger partial charge in [-0.25, -0.2) is 0 Å². The summed E-state index contributed by atoms with van der Waals surface area (Å²) in [6, 6.07) is 15.7. The van der Waals surface area contributed by atoms with Gasteiger partial charge in [0, 0.05) is 16.3 Å². The van der Waals surface area contributed by atoms with E-state index in [1.807, 2.05) is 42.5 Å². The number of anilines is 2. The monoisotopic (exact) mass is 284 g/mol. The molecular weight excluding hydrogens is 268 g/mol. The van der Waals surface area contributed by atoms with Crippen molar-refractivity contribution < 1.29 is 4.79 Å². The minimum Gasteiger partial charge on any atom is -0.398 e. The maximum atomic E-state index is 12.3. The van der Waals surface area contributed by atoms with Gasteiger partial charge in [0.2, 0.25) is 5.91 Å². The molecule has 0 spiro atoms. The average Bonchev–Trinajstić information content (AvgIpc) is 2.61. The highest BCUT2D eigenvalue weighted by Gasteiger charge is 2.24. The predicted molar refractivity (Wildman–Crippen MR) is 83.9 cm³/mol. The standard InChI is InChI=1S/C16H16N2OS/c17-12-6-2-4-8-14(12)20-15-10-9-11-5-1-3-7-13(11)18-16(15)19/h1-8,15H,9-10,17H2,(H,18,19). The Kier molecular flexibility index (Phi) is 3.65. The summed E-state index contributed by atoms with van der Waals surface area (Å²) in [5.41, 5.74) is 8.81.